The van der Waals surface area contributed by atoms with Gasteiger partial charge in [-0.15, -0.1) is 0 Å². The minimum absolute atomic E-state index is 0.0229. The van der Waals surface area contributed by atoms with Crippen LogP contribution in [0, 0.1) is 11.3 Å². The predicted molar refractivity (Wildman–Crippen MR) is 130 cm³/mol. The first-order chi connectivity index (χ1) is 16.4. The summed E-state index contributed by atoms with van der Waals surface area (Å²) in [5.41, 5.74) is 8.99. The maximum Gasteiger partial charge on any atom is 0.205 e. The van der Waals surface area contributed by atoms with E-state index in [1.54, 1.807) is 0 Å². The first-order valence-electron chi connectivity index (χ1n) is 10.6. The number of hydrogen-bond acceptors (Lipinski definition) is 7. The van der Waals surface area contributed by atoms with Gasteiger partial charge < -0.3 is 24.9 Å². The van der Waals surface area contributed by atoms with Crippen LogP contribution in [0.2, 0.25) is 0 Å². The molecule has 0 radical (unpaired) electrons. The zero-order chi connectivity index (χ0) is 24.0. The summed E-state index contributed by atoms with van der Waals surface area (Å²) in [5, 5.41) is 20.6. The number of allylic oxidation sites excluding steroid dienone is 1. The topological polar surface area (TPSA) is 113 Å². The molecule has 1 aliphatic heterocycles. The van der Waals surface area contributed by atoms with Gasteiger partial charge in [0, 0.05) is 37.5 Å². The smallest absolute Gasteiger partial charge is 0.205 e. The molecule has 168 valence electrons. The van der Waals surface area contributed by atoms with Gasteiger partial charge in [0.1, 0.15) is 39.9 Å². The van der Waals surface area contributed by atoms with Crippen molar-refractivity contribution in [1.29, 1.82) is 5.26 Å². The van der Waals surface area contributed by atoms with Crippen molar-refractivity contribution in [3.05, 3.63) is 99.5 Å². The lowest BCUT2D eigenvalue weighted by Gasteiger charge is -2.27. The monoisotopic (exact) mass is 451 g/mol. The van der Waals surface area contributed by atoms with E-state index in [1.807, 2.05) is 73.6 Å². The van der Waals surface area contributed by atoms with Gasteiger partial charge in [0.2, 0.25) is 5.88 Å². The quantitative estimate of drug-likeness (QED) is 0.473. The average molecular weight is 451 g/mol. The summed E-state index contributed by atoms with van der Waals surface area (Å²) in [5.74, 6) is -0.415. The lowest BCUT2D eigenvalue weighted by molar-refractivity contribution is 0.388. The summed E-state index contributed by atoms with van der Waals surface area (Å²) in [6.07, 6.45) is 0. The largest absolute Gasteiger partial charge is 0.507 e. The molecule has 1 aliphatic rings. The van der Waals surface area contributed by atoms with E-state index in [4.69, 9.17) is 14.9 Å². The normalized spacial score (nSPS) is 14.9. The summed E-state index contributed by atoms with van der Waals surface area (Å²) in [6, 6.07) is 21.7. The van der Waals surface area contributed by atoms with Gasteiger partial charge in [0.25, 0.3) is 0 Å². The number of benzene rings is 3. The van der Waals surface area contributed by atoms with Crippen molar-refractivity contribution in [2.24, 2.45) is 5.73 Å². The molecule has 7 heteroatoms. The number of phenols is 1. The van der Waals surface area contributed by atoms with Crippen LogP contribution in [0.4, 0.5) is 5.69 Å². The van der Waals surface area contributed by atoms with Gasteiger partial charge >= 0.3 is 0 Å². The molecule has 34 heavy (non-hydrogen) atoms. The molecule has 0 fully saturated rings. The van der Waals surface area contributed by atoms with E-state index in [-0.39, 0.29) is 33.9 Å². The summed E-state index contributed by atoms with van der Waals surface area (Å²) >= 11 is 0. The van der Waals surface area contributed by atoms with Crippen molar-refractivity contribution < 1.29 is 14.3 Å². The maximum absolute atomic E-state index is 13.1. The van der Waals surface area contributed by atoms with Crippen LogP contribution in [0.15, 0.2) is 87.4 Å². The van der Waals surface area contributed by atoms with Gasteiger partial charge in [0.05, 0.1) is 11.5 Å². The summed E-state index contributed by atoms with van der Waals surface area (Å²) in [4.78, 5) is 15.1. The number of aromatic hydroxyl groups is 1. The molecule has 5 rings (SSSR count). The molecule has 0 saturated carbocycles. The molecular weight excluding hydrogens is 430 g/mol. The van der Waals surface area contributed by atoms with E-state index in [2.05, 4.69) is 6.07 Å². The Kier molecular flexibility index (Phi) is 4.99. The molecule has 7 nitrogen and oxygen atoms in total. The summed E-state index contributed by atoms with van der Waals surface area (Å²) in [7, 11) is 3.88. The number of nitriles is 1. The fourth-order valence-corrected chi connectivity index (χ4v) is 4.29. The highest BCUT2D eigenvalue weighted by molar-refractivity contribution is 5.91. The van der Waals surface area contributed by atoms with Crippen molar-refractivity contribution in [2.45, 2.75) is 5.92 Å². The Hall–Kier alpha value is -4.70. The van der Waals surface area contributed by atoms with Crippen LogP contribution in [-0.2, 0) is 0 Å². The minimum Gasteiger partial charge on any atom is -0.507 e. The Labute approximate surface area is 195 Å². The molecule has 3 aromatic carbocycles. The van der Waals surface area contributed by atoms with Gasteiger partial charge in [0.15, 0.2) is 5.43 Å². The third-order valence-corrected chi connectivity index (χ3v) is 5.97. The van der Waals surface area contributed by atoms with Crippen LogP contribution in [0.25, 0.3) is 22.3 Å². The predicted octanol–water partition coefficient (Wildman–Crippen LogP) is 4.45. The van der Waals surface area contributed by atoms with Crippen LogP contribution >= 0.6 is 0 Å². The van der Waals surface area contributed by atoms with E-state index in [0.29, 0.717) is 16.9 Å². The molecule has 1 atom stereocenters. The lowest BCUT2D eigenvalue weighted by atomic mass is 9.82. The molecular formula is C27H21N3O4. The molecule has 4 aromatic rings. The third-order valence-electron chi connectivity index (χ3n) is 5.97. The lowest BCUT2D eigenvalue weighted by Crippen LogP contribution is -2.22. The van der Waals surface area contributed by atoms with E-state index in [1.165, 1.54) is 12.1 Å². The second-order valence-electron chi connectivity index (χ2n) is 8.26. The van der Waals surface area contributed by atoms with Gasteiger partial charge in [-0.25, -0.2) is 0 Å². The summed E-state index contributed by atoms with van der Waals surface area (Å²) < 4.78 is 12.0. The zero-order valence-corrected chi connectivity index (χ0v) is 18.6. The highest BCUT2D eigenvalue weighted by Gasteiger charge is 2.35. The Morgan fingerprint density at radius 1 is 1.06 bits per heavy atom. The molecule has 3 N–H and O–H groups in total. The second-order valence-corrected chi connectivity index (χ2v) is 8.26. The fraction of sp³-hybridized carbons (Fsp3) is 0.111. The molecule has 0 aliphatic carbocycles. The molecule has 2 heterocycles. The number of nitrogens with zero attached hydrogens (tertiary/aromatic N) is 2. The number of hydrogen-bond donors (Lipinski definition) is 2. The van der Waals surface area contributed by atoms with Crippen molar-refractivity contribution in [3.8, 4) is 28.9 Å². The third kappa shape index (κ3) is 3.33. The fourth-order valence-electron chi connectivity index (χ4n) is 4.29. The number of phenolic OH excluding ortho intramolecular Hbond substituents is 1. The molecule has 1 unspecified atom stereocenters. The van der Waals surface area contributed by atoms with E-state index < -0.39 is 11.3 Å². The standard InChI is InChI=1S/C27H21N3O4/c1-30(2)17-10-8-16(9-11-17)23-18(14-28)27(29)34-22-13-20(32)24-19(31)12-21(33-26(24)25(22)23)15-6-4-3-5-7-15/h3-13,23,32H,29H2,1-2H3. The molecule has 1 aromatic heterocycles. The van der Waals surface area contributed by atoms with Crippen molar-refractivity contribution in [1.82, 2.24) is 0 Å². The number of ether oxygens (including phenoxy) is 1. The molecule has 0 saturated heterocycles. The second kappa shape index (κ2) is 8.01. The summed E-state index contributed by atoms with van der Waals surface area (Å²) in [6.45, 7) is 0. The Balaban J connectivity index is 1.84. The van der Waals surface area contributed by atoms with Gasteiger partial charge in [-0.3, -0.25) is 4.79 Å². The van der Waals surface area contributed by atoms with Crippen molar-refractivity contribution in [2.75, 3.05) is 19.0 Å². The number of fused-ring (bicyclic) bond motifs is 3. The average Bonchev–Trinajstić information content (AvgIpc) is 2.83. The van der Waals surface area contributed by atoms with Crippen molar-refractivity contribution >= 4 is 16.7 Å². The zero-order valence-electron chi connectivity index (χ0n) is 18.6. The molecule has 0 bridgehead atoms. The Morgan fingerprint density at radius 3 is 2.41 bits per heavy atom. The van der Waals surface area contributed by atoms with Crippen molar-refractivity contribution in [3.63, 3.8) is 0 Å². The van der Waals surface area contributed by atoms with Gasteiger partial charge in [-0.1, -0.05) is 42.5 Å². The van der Waals surface area contributed by atoms with Crippen LogP contribution in [0.3, 0.4) is 0 Å². The number of anilines is 1. The van der Waals surface area contributed by atoms with Crippen LogP contribution < -0.4 is 20.8 Å². The highest BCUT2D eigenvalue weighted by Crippen LogP contribution is 2.48. The first-order valence-corrected chi connectivity index (χ1v) is 10.6. The van der Waals surface area contributed by atoms with Gasteiger partial charge in [-0.05, 0) is 17.7 Å². The van der Waals surface area contributed by atoms with Gasteiger partial charge in [-0.2, -0.15) is 5.26 Å². The van der Waals surface area contributed by atoms with E-state index >= 15 is 0 Å². The minimum atomic E-state index is -0.651. The van der Waals surface area contributed by atoms with E-state index in [0.717, 1.165) is 11.3 Å². The van der Waals surface area contributed by atoms with E-state index in [9.17, 15) is 15.2 Å². The number of nitrogens with two attached hydrogens (primary N) is 1. The Morgan fingerprint density at radius 2 is 1.76 bits per heavy atom. The van der Waals surface area contributed by atoms with Crippen LogP contribution in [0.5, 0.6) is 11.5 Å². The van der Waals surface area contributed by atoms with Crippen LogP contribution in [0.1, 0.15) is 17.0 Å². The van der Waals surface area contributed by atoms with Crippen LogP contribution in [-0.4, -0.2) is 19.2 Å². The Bertz CT molecular complexity index is 1550. The maximum atomic E-state index is 13.1. The highest BCUT2D eigenvalue weighted by atomic mass is 16.5. The first kappa shape index (κ1) is 21.2. The SMILES string of the molecule is CN(C)c1ccc(C2C(C#N)=C(N)Oc3cc(O)c4c(=O)cc(-c5ccccc5)oc4c32)cc1. The molecule has 0 amide bonds. The number of rotatable bonds is 3. The molecule has 0 spiro atoms.